The SMILES string of the molecule is CC(C)CNC(=O)CNC(=O)C1(C(C)C)CCNC1. The average molecular weight is 269 g/mol. The Balaban J connectivity index is 2.43. The quantitative estimate of drug-likeness (QED) is 0.658. The van der Waals surface area contributed by atoms with Crippen LogP contribution in [0.4, 0.5) is 0 Å². The van der Waals surface area contributed by atoms with E-state index in [2.05, 4.69) is 29.8 Å². The number of rotatable bonds is 6. The Morgan fingerprint density at radius 3 is 2.37 bits per heavy atom. The zero-order valence-electron chi connectivity index (χ0n) is 12.5. The van der Waals surface area contributed by atoms with Crippen LogP contribution in [0.5, 0.6) is 0 Å². The Labute approximate surface area is 115 Å². The molecular weight excluding hydrogens is 242 g/mol. The summed E-state index contributed by atoms with van der Waals surface area (Å²) in [7, 11) is 0. The summed E-state index contributed by atoms with van der Waals surface area (Å²) >= 11 is 0. The van der Waals surface area contributed by atoms with Gasteiger partial charge >= 0.3 is 0 Å². The zero-order valence-corrected chi connectivity index (χ0v) is 12.5. The summed E-state index contributed by atoms with van der Waals surface area (Å²) < 4.78 is 0. The summed E-state index contributed by atoms with van der Waals surface area (Å²) in [6.45, 7) is 10.5. The number of hydrogen-bond acceptors (Lipinski definition) is 3. The number of amides is 2. The highest BCUT2D eigenvalue weighted by molar-refractivity contribution is 5.88. The smallest absolute Gasteiger partial charge is 0.239 e. The lowest BCUT2D eigenvalue weighted by atomic mass is 9.75. The van der Waals surface area contributed by atoms with Crippen LogP contribution in [0.1, 0.15) is 34.1 Å². The maximum atomic E-state index is 12.3. The topological polar surface area (TPSA) is 70.2 Å². The molecule has 1 heterocycles. The standard InChI is InChI=1S/C14H27N3O2/c1-10(2)7-16-12(18)8-17-13(19)14(11(3)4)5-6-15-9-14/h10-11,15H,5-9H2,1-4H3,(H,16,18)(H,17,19). The monoisotopic (exact) mass is 269 g/mol. The fourth-order valence-electron chi connectivity index (χ4n) is 2.38. The van der Waals surface area contributed by atoms with Gasteiger partial charge in [0.05, 0.1) is 12.0 Å². The molecule has 5 nitrogen and oxygen atoms in total. The van der Waals surface area contributed by atoms with Gasteiger partial charge < -0.3 is 16.0 Å². The highest BCUT2D eigenvalue weighted by atomic mass is 16.2. The fourth-order valence-corrected chi connectivity index (χ4v) is 2.38. The van der Waals surface area contributed by atoms with E-state index in [9.17, 15) is 9.59 Å². The molecule has 2 amide bonds. The summed E-state index contributed by atoms with van der Waals surface area (Å²) in [5.41, 5.74) is -0.363. The second kappa shape index (κ2) is 6.89. The number of carbonyl (C=O) groups is 2. The van der Waals surface area contributed by atoms with Crippen LogP contribution in [0.25, 0.3) is 0 Å². The van der Waals surface area contributed by atoms with Gasteiger partial charge in [-0.3, -0.25) is 9.59 Å². The van der Waals surface area contributed by atoms with Crippen molar-refractivity contribution in [1.29, 1.82) is 0 Å². The zero-order chi connectivity index (χ0) is 14.5. The normalized spacial score (nSPS) is 22.8. The van der Waals surface area contributed by atoms with E-state index in [0.717, 1.165) is 13.0 Å². The maximum Gasteiger partial charge on any atom is 0.239 e. The molecule has 1 fully saturated rings. The van der Waals surface area contributed by atoms with Crippen molar-refractivity contribution in [2.45, 2.75) is 34.1 Å². The first-order chi connectivity index (χ1) is 8.88. The van der Waals surface area contributed by atoms with Gasteiger partial charge in [0.2, 0.25) is 11.8 Å². The van der Waals surface area contributed by atoms with Crippen LogP contribution in [-0.2, 0) is 9.59 Å². The minimum atomic E-state index is -0.363. The summed E-state index contributed by atoms with van der Waals surface area (Å²) in [5.74, 6) is 0.557. The minimum absolute atomic E-state index is 0.00723. The van der Waals surface area contributed by atoms with Crippen molar-refractivity contribution in [2.24, 2.45) is 17.3 Å². The molecule has 1 atom stereocenters. The molecule has 0 aliphatic carbocycles. The first kappa shape index (κ1) is 16.0. The molecule has 0 bridgehead atoms. The number of nitrogens with one attached hydrogen (secondary N) is 3. The van der Waals surface area contributed by atoms with Gasteiger partial charge in [-0.15, -0.1) is 0 Å². The summed E-state index contributed by atoms with van der Waals surface area (Å²) in [6.07, 6.45) is 0.837. The van der Waals surface area contributed by atoms with Gasteiger partial charge in [0.1, 0.15) is 0 Å². The van der Waals surface area contributed by atoms with E-state index in [1.807, 2.05) is 13.8 Å². The Hall–Kier alpha value is -1.10. The molecule has 5 heteroatoms. The van der Waals surface area contributed by atoms with E-state index in [-0.39, 0.29) is 29.7 Å². The Morgan fingerprint density at radius 1 is 1.21 bits per heavy atom. The molecule has 1 unspecified atom stereocenters. The molecule has 0 aromatic heterocycles. The summed E-state index contributed by atoms with van der Waals surface area (Å²) in [5, 5.41) is 8.82. The van der Waals surface area contributed by atoms with Crippen molar-refractivity contribution in [1.82, 2.24) is 16.0 Å². The third-order valence-corrected chi connectivity index (χ3v) is 3.86. The van der Waals surface area contributed by atoms with Crippen molar-refractivity contribution < 1.29 is 9.59 Å². The van der Waals surface area contributed by atoms with Crippen LogP contribution in [0.2, 0.25) is 0 Å². The third-order valence-electron chi connectivity index (χ3n) is 3.86. The van der Waals surface area contributed by atoms with Gasteiger partial charge in [-0.2, -0.15) is 0 Å². The second-order valence-corrected chi connectivity index (χ2v) is 6.12. The van der Waals surface area contributed by atoms with Gasteiger partial charge in [0.15, 0.2) is 0 Å². The van der Waals surface area contributed by atoms with Crippen LogP contribution in [0, 0.1) is 17.3 Å². The molecular formula is C14H27N3O2. The molecule has 19 heavy (non-hydrogen) atoms. The van der Waals surface area contributed by atoms with E-state index in [0.29, 0.717) is 19.0 Å². The molecule has 0 saturated carbocycles. The van der Waals surface area contributed by atoms with Crippen molar-refractivity contribution in [3.63, 3.8) is 0 Å². The first-order valence-electron chi connectivity index (χ1n) is 7.14. The van der Waals surface area contributed by atoms with Gasteiger partial charge in [0, 0.05) is 13.1 Å². The van der Waals surface area contributed by atoms with Crippen LogP contribution in [0.15, 0.2) is 0 Å². The van der Waals surface area contributed by atoms with Crippen LogP contribution in [-0.4, -0.2) is 38.0 Å². The molecule has 0 aromatic carbocycles. The molecule has 1 aliphatic rings. The Kier molecular flexibility index (Phi) is 5.79. The van der Waals surface area contributed by atoms with E-state index in [1.165, 1.54) is 0 Å². The summed E-state index contributed by atoms with van der Waals surface area (Å²) in [6, 6.07) is 0. The van der Waals surface area contributed by atoms with E-state index in [4.69, 9.17) is 0 Å². The van der Waals surface area contributed by atoms with Crippen molar-refractivity contribution in [3.05, 3.63) is 0 Å². The lowest BCUT2D eigenvalue weighted by Gasteiger charge is -2.30. The van der Waals surface area contributed by atoms with Crippen molar-refractivity contribution in [2.75, 3.05) is 26.2 Å². The second-order valence-electron chi connectivity index (χ2n) is 6.12. The van der Waals surface area contributed by atoms with Gasteiger partial charge in [-0.05, 0) is 24.8 Å². The Bertz CT molecular complexity index is 321. The van der Waals surface area contributed by atoms with Gasteiger partial charge in [0.25, 0.3) is 0 Å². The van der Waals surface area contributed by atoms with E-state index >= 15 is 0 Å². The van der Waals surface area contributed by atoms with Crippen molar-refractivity contribution >= 4 is 11.8 Å². The van der Waals surface area contributed by atoms with Crippen LogP contribution in [0.3, 0.4) is 0 Å². The largest absolute Gasteiger partial charge is 0.354 e. The molecule has 1 rings (SSSR count). The molecule has 1 aliphatic heterocycles. The van der Waals surface area contributed by atoms with Gasteiger partial charge in [-0.1, -0.05) is 27.7 Å². The third kappa shape index (κ3) is 4.20. The average Bonchev–Trinajstić information content (AvgIpc) is 2.83. The Morgan fingerprint density at radius 2 is 1.89 bits per heavy atom. The molecule has 1 saturated heterocycles. The number of hydrogen-bond donors (Lipinski definition) is 3. The predicted molar refractivity (Wildman–Crippen MR) is 75.6 cm³/mol. The van der Waals surface area contributed by atoms with Gasteiger partial charge in [-0.25, -0.2) is 0 Å². The minimum Gasteiger partial charge on any atom is -0.354 e. The van der Waals surface area contributed by atoms with Crippen LogP contribution >= 0.6 is 0 Å². The highest BCUT2D eigenvalue weighted by Crippen LogP contribution is 2.34. The highest BCUT2D eigenvalue weighted by Gasteiger charge is 2.43. The van der Waals surface area contributed by atoms with E-state index < -0.39 is 0 Å². The molecule has 3 N–H and O–H groups in total. The molecule has 110 valence electrons. The first-order valence-corrected chi connectivity index (χ1v) is 7.14. The lowest BCUT2D eigenvalue weighted by Crippen LogP contribution is -2.49. The molecule has 0 aromatic rings. The lowest BCUT2D eigenvalue weighted by molar-refractivity contribution is -0.134. The molecule has 0 radical (unpaired) electrons. The maximum absolute atomic E-state index is 12.3. The predicted octanol–water partition coefficient (Wildman–Crippen LogP) is 0.511. The fraction of sp³-hybridized carbons (Fsp3) is 0.857. The molecule has 0 spiro atoms. The van der Waals surface area contributed by atoms with Crippen LogP contribution < -0.4 is 16.0 Å². The number of carbonyl (C=O) groups excluding carboxylic acids is 2. The van der Waals surface area contributed by atoms with E-state index in [1.54, 1.807) is 0 Å². The summed E-state index contributed by atoms with van der Waals surface area (Å²) in [4.78, 5) is 23.9. The van der Waals surface area contributed by atoms with Crippen molar-refractivity contribution in [3.8, 4) is 0 Å².